The molecule has 0 bridgehead atoms. The molecule has 4 nitrogen and oxygen atoms in total. The quantitative estimate of drug-likeness (QED) is 0.421. The van der Waals surface area contributed by atoms with Gasteiger partial charge in [0.1, 0.15) is 0 Å². The Bertz CT molecular complexity index is 361. The molecule has 1 aliphatic heterocycles. The van der Waals surface area contributed by atoms with Gasteiger partial charge < -0.3 is 0 Å². The number of carbonyl (C=O) groups is 2. The Hall–Kier alpha value is -1.42. The smallest absolute Gasteiger partial charge is 0.264 e. The molecule has 1 heterocycles. The molecule has 2 aliphatic rings. The van der Waals surface area contributed by atoms with E-state index in [1.807, 2.05) is 6.08 Å². The summed E-state index contributed by atoms with van der Waals surface area (Å²) in [6, 6.07) is 0. The van der Waals surface area contributed by atoms with Crippen LogP contribution in [-0.2, 0) is 9.59 Å². The van der Waals surface area contributed by atoms with Crippen LogP contribution in [0.4, 0.5) is 0 Å². The van der Waals surface area contributed by atoms with Crippen LogP contribution in [0.3, 0.4) is 0 Å². The maximum absolute atomic E-state index is 11.8. The Morgan fingerprint density at radius 3 is 3.07 bits per heavy atom. The highest BCUT2D eigenvalue weighted by Gasteiger charge is 2.57. The van der Waals surface area contributed by atoms with E-state index in [9.17, 15) is 14.8 Å². The van der Waals surface area contributed by atoms with Crippen molar-refractivity contribution in [2.45, 2.75) is 19.3 Å². The monoisotopic (exact) mass is 207 g/mol. The Labute approximate surface area is 87.8 Å². The molecule has 0 aromatic rings. The summed E-state index contributed by atoms with van der Waals surface area (Å²) in [5.74, 6) is -1.42. The summed E-state index contributed by atoms with van der Waals surface area (Å²) in [5.41, 5.74) is -0.869. The molecule has 1 aliphatic carbocycles. The van der Waals surface area contributed by atoms with E-state index < -0.39 is 23.1 Å². The van der Waals surface area contributed by atoms with Gasteiger partial charge in [-0.1, -0.05) is 18.2 Å². The van der Waals surface area contributed by atoms with Crippen molar-refractivity contribution in [3.63, 3.8) is 0 Å². The van der Waals surface area contributed by atoms with Crippen molar-refractivity contribution in [3.8, 4) is 0 Å². The van der Waals surface area contributed by atoms with E-state index in [1.54, 1.807) is 12.2 Å². The molecule has 2 atom stereocenters. The van der Waals surface area contributed by atoms with Gasteiger partial charge in [0.15, 0.2) is 0 Å². The van der Waals surface area contributed by atoms with E-state index in [0.29, 0.717) is 12.8 Å². The molecule has 4 heteroatoms. The molecule has 15 heavy (non-hydrogen) atoms. The molecule has 1 N–H and O–H groups in total. The van der Waals surface area contributed by atoms with Crippen molar-refractivity contribution in [3.05, 3.63) is 24.8 Å². The molecule has 1 saturated heterocycles. The van der Waals surface area contributed by atoms with E-state index in [-0.39, 0.29) is 5.06 Å². The zero-order valence-electron chi connectivity index (χ0n) is 8.35. The average Bonchev–Trinajstić information content (AvgIpc) is 2.43. The second-order valence-corrected chi connectivity index (χ2v) is 4.02. The SMILES string of the molecule is C=CCC12C=CCCC1C(=O)N(O)C2=O. The lowest BCUT2D eigenvalue weighted by molar-refractivity contribution is -0.173. The van der Waals surface area contributed by atoms with Gasteiger partial charge in [-0.2, -0.15) is 5.06 Å². The number of hydrogen-bond acceptors (Lipinski definition) is 3. The lowest BCUT2D eigenvalue weighted by Crippen LogP contribution is -2.34. The molecule has 0 aromatic heterocycles. The summed E-state index contributed by atoms with van der Waals surface area (Å²) in [5, 5.41) is 9.62. The molecule has 2 unspecified atom stereocenters. The van der Waals surface area contributed by atoms with Gasteiger partial charge >= 0.3 is 0 Å². The standard InChI is InChI=1S/C11H13NO3/c1-2-6-11-7-4-3-5-8(11)9(13)12(15)10(11)14/h2,4,7-8,15H,1,3,5-6H2. The lowest BCUT2D eigenvalue weighted by Gasteiger charge is -2.29. The van der Waals surface area contributed by atoms with Gasteiger partial charge in [-0.05, 0) is 19.3 Å². The minimum Gasteiger partial charge on any atom is -0.278 e. The Morgan fingerprint density at radius 2 is 2.40 bits per heavy atom. The van der Waals surface area contributed by atoms with Gasteiger partial charge in [-0.15, -0.1) is 6.58 Å². The number of nitrogens with zero attached hydrogens (tertiary/aromatic N) is 1. The van der Waals surface area contributed by atoms with E-state index in [0.717, 1.165) is 6.42 Å². The summed E-state index contributed by atoms with van der Waals surface area (Å²) in [6.45, 7) is 3.60. The van der Waals surface area contributed by atoms with Crippen LogP contribution in [0.2, 0.25) is 0 Å². The Morgan fingerprint density at radius 1 is 1.67 bits per heavy atom. The highest BCUT2D eigenvalue weighted by atomic mass is 16.5. The average molecular weight is 207 g/mol. The van der Waals surface area contributed by atoms with Crippen molar-refractivity contribution in [1.82, 2.24) is 5.06 Å². The molecule has 2 rings (SSSR count). The molecular weight excluding hydrogens is 194 g/mol. The van der Waals surface area contributed by atoms with Gasteiger partial charge in [0.2, 0.25) is 0 Å². The predicted octanol–water partition coefficient (Wildman–Crippen LogP) is 1.27. The Kier molecular flexibility index (Phi) is 2.23. The number of fused-ring (bicyclic) bond motifs is 1. The van der Waals surface area contributed by atoms with Gasteiger partial charge in [-0.3, -0.25) is 14.8 Å². The molecule has 0 aromatic carbocycles. The highest BCUT2D eigenvalue weighted by Crippen LogP contribution is 2.46. The zero-order chi connectivity index (χ0) is 11.1. The number of rotatable bonds is 2. The first-order chi connectivity index (χ1) is 7.13. The fourth-order valence-electron chi connectivity index (χ4n) is 2.48. The van der Waals surface area contributed by atoms with Crippen molar-refractivity contribution in [2.24, 2.45) is 11.3 Å². The summed E-state index contributed by atoms with van der Waals surface area (Å²) in [7, 11) is 0. The topological polar surface area (TPSA) is 57.6 Å². The third-order valence-electron chi connectivity index (χ3n) is 3.24. The normalized spacial score (nSPS) is 34.5. The third-order valence-corrected chi connectivity index (χ3v) is 3.24. The second kappa shape index (κ2) is 3.31. The van der Waals surface area contributed by atoms with Crippen LogP contribution in [0.15, 0.2) is 24.8 Å². The summed E-state index contributed by atoms with van der Waals surface area (Å²) in [4.78, 5) is 23.4. The number of carbonyl (C=O) groups excluding carboxylic acids is 2. The van der Waals surface area contributed by atoms with Gasteiger partial charge in [0.25, 0.3) is 11.8 Å². The summed E-state index contributed by atoms with van der Waals surface area (Å²) >= 11 is 0. The van der Waals surface area contributed by atoms with Crippen LogP contribution in [0.25, 0.3) is 0 Å². The maximum Gasteiger partial charge on any atom is 0.264 e. The molecule has 80 valence electrons. The zero-order valence-corrected chi connectivity index (χ0v) is 8.35. The lowest BCUT2D eigenvalue weighted by atomic mass is 9.69. The molecule has 0 saturated carbocycles. The summed E-state index contributed by atoms with van der Waals surface area (Å²) in [6.07, 6.45) is 7.05. The minimum absolute atomic E-state index is 0.268. The molecular formula is C11H13NO3. The van der Waals surface area contributed by atoms with E-state index >= 15 is 0 Å². The number of hydroxylamine groups is 2. The van der Waals surface area contributed by atoms with Crippen molar-refractivity contribution in [1.29, 1.82) is 0 Å². The highest BCUT2D eigenvalue weighted by molar-refractivity contribution is 6.07. The van der Waals surface area contributed by atoms with Crippen LogP contribution in [0.1, 0.15) is 19.3 Å². The fourth-order valence-corrected chi connectivity index (χ4v) is 2.48. The first-order valence-corrected chi connectivity index (χ1v) is 4.99. The van der Waals surface area contributed by atoms with Gasteiger partial charge in [-0.25, -0.2) is 0 Å². The van der Waals surface area contributed by atoms with E-state index in [4.69, 9.17) is 0 Å². The van der Waals surface area contributed by atoms with Crippen molar-refractivity contribution in [2.75, 3.05) is 0 Å². The first kappa shape index (κ1) is 10.1. The maximum atomic E-state index is 11.8. The van der Waals surface area contributed by atoms with Crippen LogP contribution < -0.4 is 0 Å². The van der Waals surface area contributed by atoms with Crippen molar-refractivity contribution < 1.29 is 14.8 Å². The molecule has 0 radical (unpaired) electrons. The second-order valence-electron chi connectivity index (χ2n) is 4.02. The minimum atomic E-state index is -0.869. The van der Waals surface area contributed by atoms with Gasteiger partial charge in [0, 0.05) is 0 Å². The molecule has 0 spiro atoms. The van der Waals surface area contributed by atoms with E-state index in [1.165, 1.54) is 0 Å². The Balaban J connectivity index is 2.48. The van der Waals surface area contributed by atoms with Crippen LogP contribution in [0.5, 0.6) is 0 Å². The fraction of sp³-hybridized carbons (Fsp3) is 0.455. The predicted molar refractivity (Wildman–Crippen MR) is 52.8 cm³/mol. The molecule has 2 amide bonds. The number of amides is 2. The molecule has 1 fully saturated rings. The number of hydrogen-bond donors (Lipinski definition) is 1. The van der Waals surface area contributed by atoms with Crippen LogP contribution in [0, 0.1) is 11.3 Å². The number of allylic oxidation sites excluding steroid dienone is 2. The number of imide groups is 1. The van der Waals surface area contributed by atoms with Crippen LogP contribution >= 0.6 is 0 Å². The summed E-state index contributed by atoms with van der Waals surface area (Å²) < 4.78 is 0. The van der Waals surface area contributed by atoms with Gasteiger partial charge in [0.05, 0.1) is 11.3 Å². The van der Waals surface area contributed by atoms with Crippen molar-refractivity contribution >= 4 is 11.8 Å². The first-order valence-electron chi connectivity index (χ1n) is 4.99. The van der Waals surface area contributed by atoms with E-state index in [2.05, 4.69) is 6.58 Å². The third kappa shape index (κ3) is 1.18. The van der Waals surface area contributed by atoms with Crippen LogP contribution in [-0.4, -0.2) is 22.1 Å². The largest absolute Gasteiger partial charge is 0.278 e.